The number of piperidine rings is 1. The van der Waals surface area contributed by atoms with Gasteiger partial charge in [0.05, 0.1) is 13.0 Å². The minimum Gasteiger partial charge on any atom is -0.497 e. The van der Waals surface area contributed by atoms with Crippen LogP contribution >= 0.6 is 0 Å². The molecule has 3 rings (SSSR count). The van der Waals surface area contributed by atoms with E-state index in [2.05, 4.69) is 10.1 Å². The molecule has 0 bridgehead atoms. The van der Waals surface area contributed by atoms with Gasteiger partial charge in [-0.1, -0.05) is 17.3 Å². The van der Waals surface area contributed by atoms with Crippen LogP contribution in [0.15, 0.2) is 28.8 Å². The molecule has 122 valence electrons. The second kappa shape index (κ2) is 6.68. The van der Waals surface area contributed by atoms with Crippen molar-refractivity contribution in [2.75, 3.05) is 20.2 Å². The average molecular weight is 316 g/mol. The summed E-state index contributed by atoms with van der Waals surface area (Å²) >= 11 is 0. The zero-order valence-corrected chi connectivity index (χ0v) is 13.1. The highest BCUT2D eigenvalue weighted by Crippen LogP contribution is 2.26. The number of aromatic nitrogens is 2. The summed E-state index contributed by atoms with van der Waals surface area (Å²) in [5.74, 6) is 2.10. The molecular weight excluding hydrogens is 296 g/mol. The van der Waals surface area contributed by atoms with Crippen LogP contribution in [0.3, 0.4) is 0 Å². The summed E-state index contributed by atoms with van der Waals surface area (Å²) in [6, 6.07) is 7.37. The number of methoxy groups -OCH3 is 1. The summed E-state index contributed by atoms with van der Waals surface area (Å²) in [7, 11) is 1.64. The third-order valence-corrected chi connectivity index (χ3v) is 4.09. The van der Waals surface area contributed by atoms with E-state index in [9.17, 15) is 4.79 Å². The van der Waals surface area contributed by atoms with E-state index in [0.29, 0.717) is 31.2 Å². The van der Waals surface area contributed by atoms with Crippen LogP contribution in [0, 0.1) is 0 Å². The topological polar surface area (TPSA) is 94.5 Å². The van der Waals surface area contributed by atoms with E-state index < -0.39 is 6.03 Å². The van der Waals surface area contributed by atoms with E-state index in [1.165, 1.54) is 0 Å². The number of ether oxygens (including phenoxy) is 1. The number of carbonyl (C=O) groups excluding carboxylic acids is 1. The van der Waals surface area contributed by atoms with Crippen LogP contribution in [0.5, 0.6) is 5.75 Å². The number of carbonyl (C=O) groups is 1. The first-order valence-electron chi connectivity index (χ1n) is 7.65. The Balaban J connectivity index is 1.66. The Morgan fingerprint density at radius 2 is 2.22 bits per heavy atom. The van der Waals surface area contributed by atoms with Gasteiger partial charge in [-0.15, -0.1) is 0 Å². The summed E-state index contributed by atoms with van der Waals surface area (Å²) in [6.07, 6.45) is 2.41. The molecule has 2 aromatic rings. The van der Waals surface area contributed by atoms with Crippen molar-refractivity contribution < 1.29 is 14.1 Å². The van der Waals surface area contributed by atoms with Gasteiger partial charge in [0.2, 0.25) is 5.89 Å². The molecule has 7 nitrogen and oxygen atoms in total. The monoisotopic (exact) mass is 316 g/mol. The molecule has 2 amide bonds. The molecule has 0 unspecified atom stereocenters. The van der Waals surface area contributed by atoms with E-state index in [-0.39, 0.29) is 5.92 Å². The molecule has 1 aromatic carbocycles. The Morgan fingerprint density at radius 3 is 2.91 bits per heavy atom. The largest absolute Gasteiger partial charge is 0.497 e. The SMILES string of the molecule is COc1ccc(Cc2noc([C@@H]3CCCN(C(N)=O)C3)n2)cc1. The minimum atomic E-state index is -0.396. The highest BCUT2D eigenvalue weighted by molar-refractivity contribution is 5.72. The van der Waals surface area contributed by atoms with Gasteiger partial charge < -0.3 is 19.9 Å². The molecule has 0 saturated carbocycles. The highest BCUT2D eigenvalue weighted by atomic mass is 16.5. The number of likely N-dealkylation sites (tertiary alicyclic amines) is 1. The van der Waals surface area contributed by atoms with Crippen LogP contribution in [0.25, 0.3) is 0 Å². The van der Waals surface area contributed by atoms with Crippen molar-refractivity contribution in [2.45, 2.75) is 25.2 Å². The summed E-state index contributed by atoms with van der Waals surface area (Å²) in [4.78, 5) is 17.4. The number of rotatable bonds is 4. The number of primary amides is 1. The lowest BCUT2D eigenvalue weighted by atomic mass is 9.98. The number of nitrogens with two attached hydrogens (primary N) is 1. The smallest absolute Gasteiger partial charge is 0.314 e. The van der Waals surface area contributed by atoms with Gasteiger partial charge in [0, 0.05) is 19.5 Å². The van der Waals surface area contributed by atoms with E-state index in [1.807, 2.05) is 24.3 Å². The zero-order valence-electron chi connectivity index (χ0n) is 13.1. The highest BCUT2D eigenvalue weighted by Gasteiger charge is 2.27. The quantitative estimate of drug-likeness (QED) is 0.930. The predicted octanol–water partition coefficient (Wildman–Crippen LogP) is 1.93. The van der Waals surface area contributed by atoms with E-state index in [1.54, 1.807) is 12.0 Å². The maximum atomic E-state index is 11.3. The fourth-order valence-electron chi connectivity index (χ4n) is 2.81. The molecule has 0 radical (unpaired) electrons. The van der Waals surface area contributed by atoms with Crippen molar-refractivity contribution in [1.82, 2.24) is 15.0 Å². The third-order valence-electron chi connectivity index (χ3n) is 4.09. The van der Waals surface area contributed by atoms with Crippen molar-refractivity contribution in [2.24, 2.45) is 5.73 Å². The lowest BCUT2D eigenvalue weighted by molar-refractivity contribution is 0.180. The van der Waals surface area contributed by atoms with Crippen molar-refractivity contribution >= 4 is 6.03 Å². The second-order valence-electron chi connectivity index (χ2n) is 5.70. The van der Waals surface area contributed by atoms with E-state index in [4.69, 9.17) is 15.0 Å². The fourth-order valence-corrected chi connectivity index (χ4v) is 2.81. The summed E-state index contributed by atoms with van der Waals surface area (Å²) in [5.41, 5.74) is 6.43. The predicted molar refractivity (Wildman–Crippen MR) is 83.2 cm³/mol. The Hall–Kier alpha value is -2.57. The van der Waals surface area contributed by atoms with Gasteiger partial charge >= 0.3 is 6.03 Å². The molecule has 2 heterocycles. The Morgan fingerprint density at radius 1 is 1.43 bits per heavy atom. The molecule has 1 aliphatic heterocycles. The lowest BCUT2D eigenvalue weighted by Crippen LogP contribution is -2.42. The first kappa shape index (κ1) is 15.3. The van der Waals surface area contributed by atoms with Crippen molar-refractivity contribution in [3.05, 3.63) is 41.5 Å². The number of nitrogens with zero attached hydrogens (tertiary/aromatic N) is 3. The average Bonchev–Trinajstić information content (AvgIpc) is 3.04. The Labute approximate surface area is 134 Å². The van der Waals surface area contributed by atoms with Gasteiger partial charge in [-0.25, -0.2) is 4.79 Å². The van der Waals surface area contributed by atoms with Gasteiger partial charge in [0.1, 0.15) is 5.75 Å². The molecule has 1 saturated heterocycles. The second-order valence-corrected chi connectivity index (χ2v) is 5.70. The molecule has 0 spiro atoms. The van der Waals surface area contributed by atoms with Crippen molar-refractivity contribution in [3.8, 4) is 5.75 Å². The molecule has 1 aliphatic rings. The first-order chi connectivity index (χ1) is 11.2. The molecule has 0 aliphatic carbocycles. The van der Waals surface area contributed by atoms with Gasteiger partial charge in [-0.3, -0.25) is 0 Å². The number of urea groups is 1. The summed E-state index contributed by atoms with van der Waals surface area (Å²) in [6.45, 7) is 1.23. The number of benzene rings is 1. The standard InChI is InChI=1S/C16H20N4O3/c1-22-13-6-4-11(5-7-13)9-14-18-15(23-19-14)12-3-2-8-20(10-12)16(17)21/h4-7,12H,2-3,8-10H2,1H3,(H2,17,21)/t12-/m1/s1. The van der Waals surface area contributed by atoms with Gasteiger partial charge in [-0.2, -0.15) is 4.98 Å². The van der Waals surface area contributed by atoms with E-state index >= 15 is 0 Å². The third kappa shape index (κ3) is 3.61. The number of amides is 2. The van der Waals surface area contributed by atoms with Crippen molar-refractivity contribution in [3.63, 3.8) is 0 Å². The molecule has 2 N–H and O–H groups in total. The molecule has 1 atom stereocenters. The first-order valence-corrected chi connectivity index (χ1v) is 7.65. The fraction of sp³-hybridized carbons (Fsp3) is 0.438. The van der Waals surface area contributed by atoms with Crippen LogP contribution in [0.1, 0.15) is 36.0 Å². The van der Waals surface area contributed by atoms with Crippen LogP contribution in [-0.2, 0) is 6.42 Å². The number of hydrogen-bond acceptors (Lipinski definition) is 5. The minimum absolute atomic E-state index is 0.0633. The molecule has 1 fully saturated rings. The van der Waals surface area contributed by atoms with Crippen LogP contribution in [0.2, 0.25) is 0 Å². The van der Waals surface area contributed by atoms with Gasteiger partial charge in [0.15, 0.2) is 5.82 Å². The van der Waals surface area contributed by atoms with Crippen LogP contribution in [0.4, 0.5) is 4.79 Å². The van der Waals surface area contributed by atoms with Gasteiger partial charge in [-0.05, 0) is 30.5 Å². The molecule has 7 heteroatoms. The maximum absolute atomic E-state index is 11.3. The van der Waals surface area contributed by atoms with Crippen LogP contribution < -0.4 is 10.5 Å². The number of hydrogen-bond donors (Lipinski definition) is 1. The van der Waals surface area contributed by atoms with E-state index in [0.717, 1.165) is 24.2 Å². The van der Waals surface area contributed by atoms with Crippen molar-refractivity contribution in [1.29, 1.82) is 0 Å². The Bertz CT molecular complexity index is 668. The molecular formula is C16H20N4O3. The van der Waals surface area contributed by atoms with Gasteiger partial charge in [0.25, 0.3) is 0 Å². The molecule has 1 aromatic heterocycles. The molecule has 23 heavy (non-hydrogen) atoms. The zero-order chi connectivity index (χ0) is 16.2. The normalized spacial score (nSPS) is 18.0. The maximum Gasteiger partial charge on any atom is 0.314 e. The Kier molecular flexibility index (Phi) is 4.45. The summed E-state index contributed by atoms with van der Waals surface area (Å²) < 4.78 is 10.5. The summed E-state index contributed by atoms with van der Waals surface area (Å²) in [5, 5.41) is 4.05. The van der Waals surface area contributed by atoms with Crippen LogP contribution in [-0.4, -0.2) is 41.3 Å². The lowest BCUT2D eigenvalue weighted by Gasteiger charge is -2.29.